The van der Waals surface area contributed by atoms with Crippen LogP contribution in [-0.2, 0) is 0 Å². The number of fused-ring (bicyclic) bond motifs is 12. The Kier molecular flexibility index (Phi) is 8.55. The Morgan fingerprint density at radius 2 is 0.681 bits per heavy atom. The second-order valence-corrected chi connectivity index (χ2v) is 18.4. The monoisotopic (exact) mass is 924 g/mol. The summed E-state index contributed by atoms with van der Waals surface area (Å²) < 4.78 is 9.89. The van der Waals surface area contributed by atoms with Gasteiger partial charge in [-0.1, -0.05) is 84.9 Å². The van der Waals surface area contributed by atoms with Crippen LogP contribution in [0.25, 0.3) is 132 Å². The lowest BCUT2D eigenvalue weighted by molar-refractivity contribution is 1.03. The molecule has 0 spiro atoms. The van der Waals surface area contributed by atoms with E-state index in [2.05, 4.69) is 178 Å². The third-order valence-electron chi connectivity index (χ3n) is 14.6. The van der Waals surface area contributed by atoms with E-state index < -0.39 is 0 Å². The highest BCUT2D eigenvalue weighted by molar-refractivity contribution is 6.18. The number of hydrogen-bond acceptors (Lipinski definition) is 6. The molecule has 10 nitrogen and oxygen atoms in total. The van der Waals surface area contributed by atoms with Gasteiger partial charge in [0.1, 0.15) is 0 Å². The molecule has 5 aromatic carbocycles. The molecule has 15 rings (SSSR count). The zero-order valence-electron chi connectivity index (χ0n) is 39.1. The van der Waals surface area contributed by atoms with Crippen LogP contribution in [-0.4, -0.2) is 48.2 Å². The summed E-state index contributed by atoms with van der Waals surface area (Å²) in [5.74, 6) is 0. The van der Waals surface area contributed by atoms with E-state index in [-0.39, 0.29) is 0 Å². The molecule has 10 heteroatoms. The van der Waals surface area contributed by atoms with Gasteiger partial charge in [-0.15, -0.1) is 0 Å². The highest BCUT2D eigenvalue weighted by Crippen LogP contribution is 2.54. The molecule has 338 valence electrons. The third-order valence-corrected chi connectivity index (χ3v) is 14.6. The van der Waals surface area contributed by atoms with Crippen LogP contribution in [0.15, 0.2) is 207 Å². The number of nitrogens with zero attached hydrogens (tertiary/aromatic N) is 10. The van der Waals surface area contributed by atoms with Crippen molar-refractivity contribution in [2.45, 2.75) is 13.8 Å². The zero-order valence-corrected chi connectivity index (χ0v) is 39.1. The van der Waals surface area contributed by atoms with Crippen LogP contribution in [0.4, 0.5) is 0 Å². The molecule has 0 aliphatic rings. The van der Waals surface area contributed by atoms with Crippen molar-refractivity contribution in [3.05, 3.63) is 219 Å². The molecule has 0 saturated heterocycles. The maximum atomic E-state index is 5.42. The predicted octanol–water partition coefficient (Wildman–Crippen LogP) is 14.4. The van der Waals surface area contributed by atoms with E-state index in [1.807, 2.05) is 61.8 Å². The van der Waals surface area contributed by atoms with Gasteiger partial charge in [0.2, 0.25) is 0 Å². The fourth-order valence-corrected chi connectivity index (χ4v) is 11.8. The van der Waals surface area contributed by atoms with E-state index in [1.54, 1.807) is 0 Å². The van der Waals surface area contributed by atoms with Gasteiger partial charge in [0.05, 0.1) is 78.1 Å². The molecule has 72 heavy (non-hydrogen) atoms. The second-order valence-electron chi connectivity index (χ2n) is 18.4. The Morgan fingerprint density at radius 3 is 1.10 bits per heavy atom. The fourth-order valence-electron chi connectivity index (χ4n) is 11.8. The summed E-state index contributed by atoms with van der Waals surface area (Å²) in [6, 6.07) is 54.0. The van der Waals surface area contributed by atoms with Crippen molar-refractivity contribution in [2.24, 2.45) is 0 Å². The smallest absolute Gasteiger partial charge is 0.0962 e. The summed E-state index contributed by atoms with van der Waals surface area (Å²) in [7, 11) is 0. The largest absolute Gasteiger partial charge is 0.308 e. The second kappa shape index (κ2) is 15.4. The number of rotatable bonds is 6. The molecular weight excluding hydrogens is 885 g/mol. The van der Waals surface area contributed by atoms with Crippen molar-refractivity contribution < 1.29 is 0 Å². The van der Waals surface area contributed by atoms with Crippen LogP contribution in [0.3, 0.4) is 0 Å². The lowest BCUT2D eigenvalue weighted by atomic mass is 9.90. The van der Waals surface area contributed by atoms with E-state index in [4.69, 9.17) is 29.9 Å². The Bertz CT molecular complexity index is 4510. The van der Waals surface area contributed by atoms with Crippen molar-refractivity contribution in [3.8, 4) is 45.1 Å². The lowest BCUT2D eigenvalue weighted by Crippen LogP contribution is -2.16. The first-order chi connectivity index (χ1) is 35.6. The molecule has 0 aliphatic carbocycles. The van der Waals surface area contributed by atoms with Gasteiger partial charge in [-0.05, 0) is 80.6 Å². The first kappa shape index (κ1) is 40.1. The molecular formula is C62H40N10. The first-order valence-corrected chi connectivity index (χ1v) is 24.1. The normalized spacial score (nSPS) is 12.0. The fraction of sp³-hybridized carbons (Fsp3) is 0.0323. The Hall–Kier alpha value is -9.80. The van der Waals surface area contributed by atoms with Crippen LogP contribution in [0, 0.1) is 13.8 Å². The van der Waals surface area contributed by atoms with E-state index in [1.165, 1.54) is 0 Å². The van der Waals surface area contributed by atoms with Crippen molar-refractivity contribution in [1.82, 2.24) is 48.2 Å². The van der Waals surface area contributed by atoms with Crippen LogP contribution in [0.2, 0.25) is 0 Å². The van der Waals surface area contributed by atoms with Crippen LogP contribution >= 0.6 is 0 Å². The van der Waals surface area contributed by atoms with Crippen LogP contribution in [0.1, 0.15) is 11.4 Å². The topological polar surface area (TPSA) is 97.1 Å². The van der Waals surface area contributed by atoms with Crippen LogP contribution < -0.4 is 0 Å². The third kappa shape index (κ3) is 5.54. The van der Waals surface area contributed by atoms with Gasteiger partial charge in [0.25, 0.3) is 0 Å². The summed E-state index contributed by atoms with van der Waals surface area (Å²) in [4.78, 5) is 29.8. The van der Waals surface area contributed by atoms with Gasteiger partial charge in [0, 0.05) is 121 Å². The summed E-state index contributed by atoms with van der Waals surface area (Å²) in [6.45, 7) is 4.21. The molecule has 10 heterocycles. The quantitative estimate of drug-likeness (QED) is 0.165. The number of aromatic nitrogens is 10. The average molecular weight is 925 g/mol. The van der Waals surface area contributed by atoms with Gasteiger partial charge in [-0.25, -0.2) is 0 Å². The number of aryl methyl sites for hydroxylation is 2. The standard InChI is InChI=1S/C62H40N10/c1-37-22-23-39(38(2)68-37)57-59(69-49-18-7-3-13-40(49)44-33-63-29-24-53(44)69)58(48-17-11-12-28-67-48)61(71-51-20-9-5-15-42(51)46-35-65-31-26-55(46)71)62(72-52-21-10-6-16-43(52)47-36-66-32-27-56(47)72)60(57)70-50-19-8-4-14-41(50)45-34-64-30-25-54(45)70/h3-36H,1-2H3. The van der Waals surface area contributed by atoms with E-state index in [9.17, 15) is 0 Å². The summed E-state index contributed by atoms with van der Waals surface area (Å²) in [5.41, 5.74) is 17.4. The minimum atomic E-state index is 0.795. The highest BCUT2D eigenvalue weighted by atomic mass is 15.1. The number of para-hydroxylation sites is 4. The average Bonchev–Trinajstić information content (AvgIpc) is 4.16. The summed E-state index contributed by atoms with van der Waals surface area (Å²) >= 11 is 0. The molecule has 0 radical (unpaired) electrons. The predicted molar refractivity (Wildman–Crippen MR) is 291 cm³/mol. The van der Waals surface area contributed by atoms with Crippen molar-refractivity contribution in [1.29, 1.82) is 0 Å². The van der Waals surface area contributed by atoms with E-state index in [0.29, 0.717) is 0 Å². The minimum absolute atomic E-state index is 0.795. The SMILES string of the molecule is Cc1ccc(-c2c(-n3c4ccccc4c4cnccc43)c(-c3ccccn3)c(-n3c4ccccc4c4cnccc43)c(-n3c4ccccc4c4cnccc43)c2-n2c3ccccc3c3cnccc32)c(C)n1. The molecule has 0 amide bonds. The van der Waals surface area contributed by atoms with Gasteiger partial charge < -0.3 is 18.3 Å². The molecule has 0 fully saturated rings. The van der Waals surface area contributed by atoms with Gasteiger partial charge in [0.15, 0.2) is 0 Å². The molecule has 10 aromatic heterocycles. The van der Waals surface area contributed by atoms with Crippen molar-refractivity contribution in [2.75, 3.05) is 0 Å². The first-order valence-electron chi connectivity index (χ1n) is 24.1. The van der Waals surface area contributed by atoms with E-state index >= 15 is 0 Å². The maximum absolute atomic E-state index is 5.42. The van der Waals surface area contributed by atoms with Crippen molar-refractivity contribution >= 4 is 87.2 Å². The number of benzene rings is 5. The molecule has 15 aromatic rings. The molecule has 0 saturated carbocycles. The van der Waals surface area contributed by atoms with Gasteiger partial charge in [-0.3, -0.25) is 29.9 Å². The lowest BCUT2D eigenvalue weighted by Gasteiger charge is -2.31. The summed E-state index contributed by atoms with van der Waals surface area (Å²) in [6.07, 6.45) is 17.5. The van der Waals surface area contributed by atoms with Crippen LogP contribution in [0.5, 0.6) is 0 Å². The molecule has 0 atom stereocenters. The number of hydrogen-bond donors (Lipinski definition) is 0. The zero-order chi connectivity index (χ0) is 47.6. The Labute approximate surface area is 411 Å². The molecule has 0 N–H and O–H groups in total. The van der Waals surface area contributed by atoms with Gasteiger partial charge >= 0.3 is 0 Å². The van der Waals surface area contributed by atoms with Gasteiger partial charge in [-0.2, -0.15) is 0 Å². The number of pyridine rings is 6. The molecule has 0 bridgehead atoms. The summed E-state index contributed by atoms with van der Waals surface area (Å²) in [5, 5.41) is 8.50. The highest BCUT2D eigenvalue weighted by Gasteiger charge is 2.36. The minimum Gasteiger partial charge on any atom is -0.308 e. The van der Waals surface area contributed by atoms with Crippen molar-refractivity contribution in [3.63, 3.8) is 0 Å². The Balaban J connectivity index is 1.36. The molecule has 0 aliphatic heterocycles. The maximum Gasteiger partial charge on any atom is 0.0962 e. The molecule has 0 unspecified atom stereocenters. The van der Waals surface area contributed by atoms with E-state index in [0.717, 1.165) is 144 Å². The Morgan fingerprint density at radius 1 is 0.306 bits per heavy atom.